The molecule has 0 spiro atoms. The van der Waals surface area contributed by atoms with Gasteiger partial charge >= 0.3 is 0 Å². The molecule has 2 aliphatic rings. The lowest BCUT2D eigenvalue weighted by Crippen LogP contribution is -2.22. The Hall–Kier alpha value is -4.53. The zero-order chi connectivity index (χ0) is 21.9. The number of nitrogens with zero attached hydrogens (tertiary/aromatic N) is 6. The highest BCUT2D eigenvalue weighted by molar-refractivity contribution is 6.06. The Labute approximate surface area is 181 Å². The predicted octanol–water partition coefficient (Wildman–Crippen LogP) is 3.11. The minimum atomic E-state index is -0.125. The number of aromatic amines is 1. The van der Waals surface area contributed by atoms with Gasteiger partial charge in [0, 0.05) is 50.1 Å². The number of fused-ring (bicyclic) bond motifs is 9. The van der Waals surface area contributed by atoms with Crippen LogP contribution in [0, 0.1) is 0 Å². The maximum Gasteiger partial charge on any atom is 0.250 e. The molecule has 32 heavy (non-hydrogen) atoms. The van der Waals surface area contributed by atoms with Crippen molar-refractivity contribution in [3.8, 4) is 5.88 Å². The molecule has 1 aromatic carbocycles. The molecule has 5 heterocycles. The van der Waals surface area contributed by atoms with Crippen molar-refractivity contribution >= 4 is 33.0 Å². The van der Waals surface area contributed by atoms with E-state index in [1.807, 2.05) is 28.8 Å². The van der Waals surface area contributed by atoms with Crippen molar-refractivity contribution in [1.82, 2.24) is 34.1 Å². The number of hydrogen-bond donors (Lipinski definition) is 2. The highest BCUT2D eigenvalue weighted by Gasteiger charge is 2.12. The predicted molar refractivity (Wildman–Crippen MR) is 121 cm³/mol. The topological polar surface area (TPSA) is 115 Å². The normalized spacial score (nSPS) is 11.8. The smallest absolute Gasteiger partial charge is 0.250 e. The van der Waals surface area contributed by atoms with E-state index in [1.165, 1.54) is 12.4 Å². The van der Waals surface area contributed by atoms with Crippen LogP contribution in [0.5, 0.6) is 5.88 Å². The number of aromatic nitrogens is 7. The number of nitrogens with one attached hydrogen (secondary N) is 1. The maximum atomic E-state index is 12.4. The molecule has 0 amide bonds. The zero-order valence-electron chi connectivity index (χ0n) is 17.0. The number of rotatable bonds is 0. The van der Waals surface area contributed by atoms with Crippen LogP contribution in [0.3, 0.4) is 0 Å². The summed E-state index contributed by atoms with van der Waals surface area (Å²) in [5.41, 5.74) is 1.71. The van der Waals surface area contributed by atoms with Gasteiger partial charge in [0.25, 0.3) is 5.56 Å². The van der Waals surface area contributed by atoms with Crippen molar-refractivity contribution in [2.45, 2.75) is 13.1 Å². The Kier molecular flexibility index (Phi) is 5.04. The molecule has 0 fully saturated rings. The fraction of sp³-hybridized carbons (Fsp3) is 0.0870. The third kappa shape index (κ3) is 3.79. The number of hydrogen-bond acceptors (Lipinski definition) is 6. The molecule has 0 radical (unpaired) electrons. The Balaban J connectivity index is 1.91. The van der Waals surface area contributed by atoms with Crippen LogP contribution in [0.15, 0.2) is 84.6 Å². The van der Waals surface area contributed by atoms with Crippen LogP contribution in [-0.4, -0.2) is 39.2 Å². The second-order valence-corrected chi connectivity index (χ2v) is 7.16. The number of aryl methyl sites for hydroxylation is 2. The SMILES string of the molecule is O=c1ccccncc2cccc(c2)ncc2c(O)[nH]c3ncnc(c32)n2ccn1CC2. The Morgan fingerprint density at radius 1 is 0.938 bits per heavy atom. The molecule has 6 rings (SSSR count). The van der Waals surface area contributed by atoms with Crippen LogP contribution >= 0.6 is 0 Å². The Morgan fingerprint density at radius 3 is 2.69 bits per heavy atom. The fourth-order valence-corrected chi connectivity index (χ4v) is 3.53. The van der Waals surface area contributed by atoms with Gasteiger partial charge in [0.05, 0.1) is 16.3 Å². The molecule has 0 atom stereocenters. The maximum absolute atomic E-state index is 12.4. The third-order valence-electron chi connectivity index (χ3n) is 5.11. The second-order valence-electron chi connectivity index (χ2n) is 7.16. The summed E-state index contributed by atoms with van der Waals surface area (Å²) >= 11 is 0. The highest BCUT2D eigenvalue weighted by atomic mass is 16.3. The van der Waals surface area contributed by atoms with E-state index >= 15 is 0 Å². The van der Waals surface area contributed by atoms with Gasteiger partial charge in [-0.3, -0.25) is 14.8 Å². The van der Waals surface area contributed by atoms with Gasteiger partial charge in [-0.25, -0.2) is 9.97 Å². The molecular formula is C23H19N7O2. The molecule has 158 valence electrons. The lowest BCUT2D eigenvalue weighted by Gasteiger charge is -2.13. The van der Waals surface area contributed by atoms with Crippen LogP contribution in [0.1, 0.15) is 0 Å². The summed E-state index contributed by atoms with van der Waals surface area (Å²) in [4.78, 5) is 32.8. The minimum Gasteiger partial charge on any atom is -0.494 e. The average Bonchev–Trinajstić information content (AvgIpc) is 3.14. The van der Waals surface area contributed by atoms with Gasteiger partial charge in [0.2, 0.25) is 0 Å². The van der Waals surface area contributed by atoms with Crippen molar-refractivity contribution in [3.63, 3.8) is 0 Å². The van der Waals surface area contributed by atoms with Gasteiger partial charge in [-0.2, -0.15) is 0 Å². The molecule has 2 aliphatic heterocycles. The summed E-state index contributed by atoms with van der Waals surface area (Å²) in [6.07, 6.45) is 9.86. The van der Waals surface area contributed by atoms with Crippen LogP contribution < -0.4 is 5.56 Å². The van der Waals surface area contributed by atoms with E-state index < -0.39 is 0 Å². The standard InChI is InChI=1S/C23H19N7O2/c31-19-6-1-2-7-24-13-16-4-3-5-17(12-16)25-14-18-20-21(28-23(18)32)26-15-27-22(20)30-10-8-29(19)9-11-30/h1-8,10,12-15,32H,9,11H2,(H,26,27,28). The van der Waals surface area contributed by atoms with Crippen molar-refractivity contribution in [3.05, 3.63) is 90.1 Å². The van der Waals surface area contributed by atoms with E-state index in [2.05, 4.69) is 24.9 Å². The average molecular weight is 425 g/mol. The zero-order valence-corrected chi connectivity index (χ0v) is 17.0. The monoisotopic (exact) mass is 425 g/mol. The van der Waals surface area contributed by atoms with Gasteiger partial charge in [-0.05, 0) is 23.6 Å². The molecule has 0 saturated heterocycles. The Morgan fingerprint density at radius 2 is 1.81 bits per heavy atom. The summed E-state index contributed by atoms with van der Waals surface area (Å²) in [5.74, 6) is -0.0397. The molecular weight excluding hydrogens is 406 g/mol. The number of benzene rings is 1. The third-order valence-corrected chi connectivity index (χ3v) is 5.11. The summed E-state index contributed by atoms with van der Waals surface area (Å²) in [5, 5.41) is 12.5. The second kappa shape index (κ2) is 8.31. The van der Waals surface area contributed by atoms with Gasteiger partial charge in [0.1, 0.15) is 17.6 Å². The van der Waals surface area contributed by atoms with Crippen molar-refractivity contribution < 1.29 is 5.11 Å². The van der Waals surface area contributed by atoms with Crippen molar-refractivity contribution in [1.29, 1.82) is 0 Å². The summed E-state index contributed by atoms with van der Waals surface area (Å²) in [7, 11) is 0. The van der Waals surface area contributed by atoms with E-state index in [9.17, 15) is 9.90 Å². The molecule has 4 bridgehead atoms. The molecule has 9 nitrogen and oxygen atoms in total. The number of H-pyrrole nitrogens is 1. The highest BCUT2D eigenvalue weighted by Crippen LogP contribution is 2.28. The van der Waals surface area contributed by atoms with Gasteiger partial charge in [0.15, 0.2) is 5.88 Å². The van der Waals surface area contributed by atoms with Gasteiger partial charge in [-0.15, -0.1) is 0 Å². The first kappa shape index (κ1) is 19.4. The fourth-order valence-electron chi connectivity index (χ4n) is 3.53. The van der Waals surface area contributed by atoms with Crippen molar-refractivity contribution in [2.24, 2.45) is 0 Å². The summed E-state index contributed by atoms with van der Waals surface area (Å²) in [6.45, 7) is 1.02. The van der Waals surface area contributed by atoms with E-state index in [-0.39, 0.29) is 11.4 Å². The largest absolute Gasteiger partial charge is 0.494 e. The molecule has 3 aromatic heterocycles. The first-order valence-electron chi connectivity index (χ1n) is 10.0. The lowest BCUT2D eigenvalue weighted by molar-refractivity contribution is 0.463. The molecule has 0 aliphatic carbocycles. The number of aromatic hydroxyl groups is 1. The van der Waals surface area contributed by atoms with E-state index in [0.717, 1.165) is 5.39 Å². The van der Waals surface area contributed by atoms with Gasteiger partial charge in [-0.1, -0.05) is 18.2 Å². The first-order valence-corrected chi connectivity index (χ1v) is 10.0. The van der Waals surface area contributed by atoms with Crippen molar-refractivity contribution in [2.75, 3.05) is 0 Å². The van der Waals surface area contributed by atoms with E-state index in [4.69, 9.17) is 0 Å². The molecule has 0 saturated carbocycles. The van der Waals surface area contributed by atoms with E-state index in [0.29, 0.717) is 40.7 Å². The van der Waals surface area contributed by atoms with E-state index in [1.54, 1.807) is 47.7 Å². The van der Waals surface area contributed by atoms with Crippen LogP contribution in [0.4, 0.5) is 0 Å². The van der Waals surface area contributed by atoms with Crippen LogP contribution in [-0.2, 0) is 13.1 Å². The minimum absolute atomic E-state index is 0.0397. The molecule has 9 heteroatoms. The quantitative estimate of drug-likeness (QED) is 0.447. The Bertz CT molecular complexity index is 1580. The lowest BCUT2D eigenvalue weighted by atomic mass is 10.2. The molecule has 4 aromatic rings. The molecule has 0 unspecified atom stereocenters. The van der Waals surface area contributed by atoms with Gasteiger partial charge < -0.3 is 19.2 Å². The summed E-state index contributed by atoms with van der Waals surface area (Å²) in [6, 6.07) is 12.4. The molecule has 2 N–H and O–H groups in total. The first-order chi connectivity index (χ1) is 15.7. The van der Waals surface area contributed by atoms with Crippen LogP contribution in [0.25, 0.3) is 33.0 Å². The summed E-state index contributed by atoms with van der Waals surface area (Å²) < 4.78 is 3.55. The van der Waals surface area contributed by atoms with Crippen LogP contribution in [0.2, 0.25) is 0 Å².